The Morgan fingerprint density at radius 3 is 2.53 bits per heavy atom. The standard InChI is InChI=1S/C25H27FN8O3S/c1-3-33(2)38(36,37)32-21-6-4-5-18(22(21)26)23(35)20-15-29-24-19(20)11-16(12-28-24)17-13-30-25(31-14-17)34-9-7-27-8-10-34/h4-6,11-15,27,32H,3,7-10H2,1-2H3,(H,28,29). The third kappa shape index (κ3) is 4.95. The highest BCUT2D eigenvalue weighted by atomic mass is 32.2. The molecule has 0 radical (unpaired) electrons. The molecule has 198 valence electrons. The molecule has 1 aliphatic heterocycles. The molecule has 1 saturated heterocycles. The van der Waals surface area contributed by atoms with Gasteiger partial charge in [0, 0.05) is 86.6 Å². The highest BCUT2D eigenvalue weighted by molar-refractivity contribution is 7.90. The molecular weight excluding hydrogens is 511 g/mol. The molecule has 1 fully saturated rings. The molecule has 3 aromatic heterocycles. The van der Waals surface area contributed by atoms with Crippen LogP contribution < -0.4 is 14.9 Å². The fraction of sp³-hybridized carbons (Fsp3) is 0.280. The second-order valence-electron chi connectivity index (χ2n) is 8.85. The molecule has 13 heteroatoms. The van der Waals surface area contributed by atoms with Gasteiger partial charge in [-0.15, -0.1) is 0 Å². The van der Waals surface area contributed by atoms with E-state index in [2.05, 4.69) is 34.9 Å². The van der Waals surface area contributed by atoms with E-state index in [0.717, 1.165) is 36.0 Å². The zero-order chi connectivity index (χ0) is 26.9. The Morgan fingerprint density at radius 2 is 1.82 bits per heavy atom. The van der Waals surface area contributed by atoms with Crippen molar-refractivity contribution in [1.29, 1.82) is 0 Å². The summed E-state index contributed by atoms with van der Waals surface area (Å²) in [5.74, 6) is -0.915. The number of halogens is 1. The summed E-state index contributed by atoms with van der Waals surface area (Å²) in [6.07, 6.45) is 6.54. The number of H-pyrrole nitrogens is 1. The smallest absolute Gasteiger partial charge is 0.301 e. The van der Waals surface area contributed by atoms with Gasteiger partial charge in [-0.2, -0.15) is 12.7 Å². The zero-order valence-corrected chi connectivity index (χ0v) is 21.7. The number of hydrogen-bond acceptors (Lipinski definition) is 8. The molecule has 0 saturated carbocycles. The Bertz CT molecular complexity index is 1580. The maximum Gasteiger partial charge on any atom is 0.301 e. The summed E-state index contributed by atoms with van der Waals surface area (Å²) < 4.78 is 43.3. The van der Waals surface area contributed by atoms with E-state index in [1.165, 1.54) is 31.4 Å². The number of pyridine rings is 1. The van der Waals surface area contributed by atoms with Crippen LogP contribution in [0.3, 0.4) is 0 Å². The van der Waals surface area contributed by atoms with E-state index < -0.39 is 21.8 Å². The summed E-state index contributed by atoms with van der Waals surface area (Å²) in [5.41, 5.74) is 1.51. The molecule has 5 rings (SSSR count). The van der Waals surface area contributed by atoms with Gasteiger partial charge in [-0.25, -0.2) is 19.3 Å². The van der Waals surface area contributed by atoms with Crippen LogP contribution in [-0.4, -0.2) is 78.2 Å². The molecule has 0 bridgehead atoms. The van der Waals surface area contributed by atoms with Crippen molar-refractivity contribution in [3.05, 3.63) is 66.0 Å². The number of nitrogens with zero attached hydrogens (tertiary/aromatic N) is 5. The number of rotatable bonds is 8. The van der Waals surface area contributed by atoms with Gasteiger partial charge >= 0.3 is 10.2 Å². The number of piperazine rings is 1. The molecule has 38 heavy (non-hydrogen) atoms. The van der Waals surface area contributed by atoms with Gasteiger partial charge in [-0.1, -0.05) is 13.0 Å². The van der Waals surface area contributed by atoms with Crippen LogP contribution in [0.1, 0.15) is 22.8 Å². The van der Waals surface area contributed by atoms with E-state index in [9.17, 15) is 13.2 Å². The first kappa shape index (κ1) is 25.7. The predicted molar refractivity (Wildman–Crippen MR) is 143 cm³/mol. The van der Waals surface area contributed by atoms with Gasteiger partial charge in [0.15, 0.2) is 11.6 Å². The molecule has 1 aliphatic rings. The van der Waals surface area contributed by atoms with Gasteiger partial charge in [0.25, 0.3) is 0 Å². The van der Waals surface area contributed by atoms with Crippen molar-refractivity contribution in [1.82, 2.24) is 29.6 Å². The highest BCUT2D eigenvalue weighted by Gasteiger charge is 2.24. The van der Waals surface area contributed by atoms with Crippen molar-refractivity contribution in [3.63, 3.8) is 0 Å². The van der Waals surface area contributed by atoms with E-state index in [0.29, 0.717) is 22.5 Å². The van der Waals surface area contributed by atoms with Crippen molar-refractivity contribution in [2.75, 3.05) is 49.4 Å². The lowest BCUT2D eigenvalue weighted by molar-refractivity contribution is 0.103. The summed E-state index contributed by atoms with van der Waals surface area (Å²) in [5, 5.41) is 3.79. The lowest BCUT2D eigenvalue weighted by Crippen LogP contribution is -2.44. The van der Waals surface area contributed by atoms with Crippen molar-refractivity contribution < 1.29 is 17.6 Å². The minimum atomic E-state index is -3.97. The number of nitrogens with one attached hydrogen (secondary N) is 3. The number of carbonyl (C=O) groups is 1. The Kier molecular flexibility index (Phi) is 7.06. The maximum atomic E-state index is 15.3. The van der Waals surface area contributed by atoms with Crippen molar-refractivity contribution in [3.8, 4) is 11.1 Å². The molecule has 0 amide bonds. The highest BCUT2D eigenvalue weighted by Crippen LogP contribution is 2.28. The first-order valence-electron chi connectivity index (χ1n) is 12.1. The molecular formula is C25H27FN8O3S. The Balaban J connectivity index is 1.45. The van der Waals surface area contributed by atoms with Crippen LogP contribution in [0.15, 0.2) is 49.1 Å². The molecule has 0 spiro atoms. The molecule has 4 aromatic rings. The number of fused-ring (bicyclic) bond motifs is 1. The minimum Gasteiger partial charge on any atom is -0.345 e. The van der Waals surface area contributed by atoms with E-state index in [4.69, 9.17) is 0 Å². The minimum absolute atomic E-state index is 0.198. The van der Waals surface area contributed by atoms with Crippen LogP contribution >= 0.6 is 0 Å². The molecule has 1 aromatic carbocycles. The Labute approximate surface area is 219 Å². The second kappa shape index (κ2) is 10.4. The average molecular weight is 539 g/mol. The van der Waals surface area contributed by atoms with Gasteiger partial charge in [-0.05, 0) is 18.2 Å². The molecule has 0 unspecified atom stereocenters. The summed E-state index contributed by atoms with van der Waals surface area (Å²) >= 11 is 0. The summed E-state index contributed by atoms with van der Waals surface area (Å²) in [6.45, 7) is 5.26. The normalized spacial score (nSPS) is 14.3. The van der Waals surface area contributed by atoms with E-state index in [1.54, 1.807) is 31.6 Å². The molecule has 3 N–H and O–H groups in total. The van der Waals surface area contributed by atoms with Crippen molar-refractivity contribution >= 4 is 38.7 Å². The van der Waals surface area contributed by atoms with Crippen molar-refractivity contribution in [2.24, 2.45) is 0 Å². The van der Waals surface area contributed by atoms with Gasteiger partial charge in [-0.3, -0.25) is 9.52 Å². The van der Waals surface area contributed by atoms with Gasteiger partial charge in [0.2, 0.25) is 5.95 Å². The summed E-state index contributed by atoms with van der Waals surface area (Å²) in [6, 6.07) is 5.79. The van der Waals surface area contributed by atoms with Crippen LogP contribution in [0.2, 0.25) is 0 Å². The van der Waals surface area contributed by atoms with Crippen LogP contribution in [0.4, 0.5) is 16.0 Å². The number of ketones is 1. The second-order valence-corrected chi connectivity index (χ2v) is 10.6. The first-order valence-corrected chi connectivity index (χ1v) is 13.5. The van der Waals surface area contributed by atoms with Crippen LogP contribution in [0.25, 0.3) is 22.2 Å². The number of aromatic nitrogens is 4. The van der Waals surface area contributed by atoms with Crippen LogP contribution in [0.5, 0.6) is 0 Å². The van der Waals surface area contributed by atoms with E-state index in [1.807, 2.05) is 0 Å². The Hall–Kier alpha value is -3.94. The number of anilines is 2. The topological polar surface area (TPSA) is 136 Å². The van der Waals surface area contributed by atoms with Gasteiger partial charge < -0.3 is 15.2 Å². The molecule has 0 aliphatic carbocycles. The van der Waals surface area contributed by atoms with E-state index >= 15 is 4.39 Å². The fourth-order valence-corrected chi connectivity index (χ4v) is 5.10. The van der Waals surface area contributed by atoms with Gasteiger partial charge in [0.05, 0.1) is 11.3 Å². The van der Waals surface area contributed by atoms with Gasteiger partial charge in [0.1, 0.15) is 5.65 Å². The first-order chi connectivity index (χ1) is 18.3. The number of benzene rings is 1. The summed E-state index contributed by atoms with van der Waals surface area (Å²) in [4.78, 5) is 31.9. The summed E-state index contributed by atoms with van der Waals surface area (Å²) in [7, 11) is -2.60. The van der Waals surface area contributed by atoms with Crippen LogP contribution in [-0.2, 0) is 10.2 Å². The molecule has 11 nitrogen and oxygen atoms in total. The monoisotopic (exact) mass is 538 g/mol. The number of hydrogen-bond donors (Lipinski definition) is 3. The molecule has 4 heterocycles. The third-order valence-corrected chi connectivity index (χ3v) is 8.04. The maximum absolute atomic E-state index is 15.3. The predicted octanol–water partition coefficient (Wildman–Crippen LogP) is 2.41. The zero-order valence-electron chi connectivity index (χ0n) is 20.9. The lowest BCUT2D eigenvalue weighted by Gasteiger charge is -2.27. The Morgan fingerprint density at radius 1 is 1.11 bits per heavy atom. The van der Waals surface area contributed by atoms with E-state index in [-0.39, 0.29) is 23.4 Å². The SMILES string of the molecule is CCN(C)S(=O)(=O)Nc1cccc(C(=O)c2c[nH]c3ncc(-c4cnc(N5CCNCC5)nc4)cc23)c1F. The average Bonchev–Trinajstić information content (AvgIpc) is 3.37. The lowest BCUT2D eigenvalue weighted by atomic mass is 10.0. The van der Waals surface area contributed by atoms with Crippen molar-refractivity contribution in [2.45, 2.75) is 6.92 Å². The fourth-order valence-electron chi connectivity index (χ4n) is 4.17. The number of aromatic amines is 1. The molecule has 0 atom stereocenters. The third-order valence-electron chi connectivity index (χ3n) is 6.49. The van der Waals surface area contributed by atoms with Crippen LogP contribution in [0, 0.1) is 5.82 Å². The number of carbonyl (C=O) groups excluding carboxylic acids is 1. The largest absolute Gasteiger partial charge is 0.345 e. The quantitative estimate of drug-likeness (QED) is 0.291.